The molecule has 2 N–H and O–H groups in total. The summed E-state index contributed by atoms with van der Waals surface area (Å²) in [6.07, 6.45) is 7.02. The first-order valence-electron chi connectivity index (χ1n) is 12.6. The molecule has 1 heterocycles. The number of benzene rings is 3. The van der Waals surface area contributed by atoms with Crippen molar-refractivity contribution < 1.29 is 18.7 Å². The summed E-state index contributed by atoms with van der Waals surface area (Å²) in [5.74, 6) is -0.906. The first-order chi connectivity index (χ1) is 17.4. The fourth-order valence-electron chi connectivity index (χ4n) is 4.08. The van der Waals surface area contributed by atoms with Crippen molar-refractivity contribution in [1.82, 2.24) is 4.90 Å². The number of hydrogen-bond acceptors (Lipinski definition) is 4. The monoisotopic (exact) mass is 510 g/mol. The molecule has 3 aromatic rings. The first kappa shape index (κ1) is 26.1. The highest BCUT2D eigenvalue weighted by Crippen LogP contribution is 2.32. The standard InChI is InChI=1S/C15H20ClNO.C14H12FNO2/c16-14-11-12(3-1-8-17-9-2-10-17)4-7-15(14)18-13-5-6-13;15-12-5-4-10-7-9(1-3-11(10)8-12)2-6-13(17)14(16)18/h4,7,11,13H,1-3,5-6,8-10H2;1,3-5,7-8H,2,6H2,(H2,16,18). The molecule has 5 nitrogen and oxygen atoms in total. The molecule has 1 aliphatic carbocycles. The number of Topliss-reactive ketones (excluding diaryl/α,β-unsaturated/α-hetero) is 1. The van der Waals surface area contributed by atoms with E-state index < -0.39 is 11.7 Å². The molecule has 0 aromatic heterocycles. The van der Waals surface area contributed by atoms with Crippen LogP contribution in [-0.2, 0) is 22.4 Å². The van der Waals surface area contributed by atoms with Gasteiger partial charge in [0.25, 0.3) is 5.91 Å². The summed E-state index contributed by atoms with van der Waals surface area (Å²) in [7, 11) is 0. The van der Waals surface area contributed by atoms with E-state index in [9.17, 15) is 14.0 Å². The molecule has 3 aromatic carbocycles. The molecule has 0 radical (unpaired) electrons. The number of nitrogens with two attached hydrogens (primary N) is 1. The van der Waals surface area contributed by atoms with Gasteiger partial charge in [-0.15, -0.1) is 0 Å². The molecular weight excluding hydrogens is 479 g/mol. The van der Waals surface area contributed by atoms with Crippen molar-refractivity contribution in [2.24, 2.45) is 5.73 Å². The number of primary amides is 1. The van der Waals surface area contributed by atoms with Gasteiger partial charge in [-0.25, -0.2) is 4.39 Å². The Bertz CT molecular complexity index is 1220. The summed E-state index contributed by atoms with van der Waals surface area (Å²) in [4.78, 5) is 24.2. The summed E-state index contributed by atoms with van der Waals surface area (Å²) in [6.45, 7) is 3.79. The van der Waals surface area contributed by atoms with Crippen LogP contribution in [0.1, 0.15) is 43.2 Å². The first-order valence-corrected chi connectivity index (χ1v) is 12.9. The second-order valence-corrected chi connectivity index (χ2v) is 9.90. The average molecular weight is 511 g/mol. The largest absolute Gasteiger partial charge is 0.489 e. The van der Waals surface area contributed by atoms with E-state index in [2.05, 4.69) is 17.0 Å². The Hall–Kier alpha value is -2.96. The number of carbonyl (C=O) groups excluding carboxylic acids is 2. The molecule has 7 heteroatoms. The number of hydrogen-bond donors (Lipinski definition) is 1. The number of nitrogens with zero attached hydrogens (tertiary/aromatic N) is 1. The van der Waals surface area contributed by atoms with Crippen LogP contribution in [-0.4, -0.2) is 42.3 Å². The highest BCUT2D eigenvalue weighted by molar-refractivity contribution is 6.35. The van der Waals surface area contributed by atoms with Crippen molar-refractivity contribution in [3.05, 3.63) is 76.6 Å². The van der Waals surface area contributed by atoms with Gasteiger partial charge in [-0.3, -0.25) is 9.59 Å². The third-order valence-corrected chi connectivity index (χ3v) is 6.78. The second-order valence-electron chi connectivity index (χ2n) is 9.49. The maximum Gasteiger partial charge on any atom is 0.284 e. The lowest BCUT2D eigenvalue weighted by Crippen LogP contribution is -2.37. The van der Waals surface area contributed by atoms with E-state index >= 15 is 0 Å². The summed E-state index contributed by atoms with van der Waals surface area (Å²) in [5.41, 5.74) is 7.12. The molecule has 1 saturated carbocycles. The molecule has 1 saturated heterocycles. The molecule has 0 spiro atoms. The summed E-state index contributed by atoms with van der Waals surface area (Å²) >= 11 is 6.25. The highest BCUT2D eigenvalue weighted by atomic mass is 35.5. The Kier molecular flexibility index (Phi) is 8.94. The van der Waals surface area contributed by atoms with Gasteiger partial charge in [0.05, 0.1) is 11.1 Å². The number of ketones is 1. The summed E-state index contributed by atoms with van der Waals surface area (Å²) in [5, 5.41) is 2.48. The van der Waals surface area contributed by atoms with E-state index in [-0.39, 0.29) is 12.2 Å². The fourth-order valence-corrected chi connectivity index (χ4v) is 4.32. The Balaban J connectivity index is 0.000000169. The van der Waals surface area contributed by atoms with Crippen molar-refractivity contribution in [2.45, 2.75) is 51.0 Å². The highest BCUT2D eigenvalue weighted by Gasteiger charge is 2.24. The predicted octanol–water partition coefficient (Wildman–Crippen LogP) is 5.49. The van der Waals surface area contributed by atoms with Gasteiger partial charge in [0.2, 0.25) is 5.78 Å². The van der Waals surface area contributed by atoms with E-state index in [0.717, 1.165) is 33.5 Å². The lowest BCUT2D eigenvalue weighted by atomic mass is 10.0. The van der Waals surface area contributed by atoms with Crippen molar-refractivity contribution in [1.29, 1.82) is 0 Å². The minimum atomic E-state index is -0.905. The third kappa shape index (κ3) is 7.77. The van der Waals surface area contributed by atoms with Gasteiger partial charge in [-0.05, 0) is 104 Å². The van der Waals surface area contributed by atoms with Crippen molar-refractivity contribution in [2.75, 3.05) is 19.6 Å². The topological polar surface area (TPSA) is 72.6 Å². The molecule has 190 valence electrons. The number of ether oxygens (including phenoxy) is 1. The third-order valence-electron chi connectivity index (χ3n) is 6.49. The molecule has 36 heavy (non-hydrogen) atoms. The van der Waals surface area contributed by atoms with Crippen LogP contribution in [0.25, 0.3) is 10.8 Å². The van der Waals surface area contributed by atoms with Crippen LogP contribution in [0.5, 0.6) is 5.75 Å². The predicted molar refractivity (Wildman–Crippen MR) is 141 cm³/mol. The molecule has 0 atom stereocenters. The van der Waals surface area contributed by atoms with Gasteiger partial charge in [0, 0.05) is 6.42 Å². The summed E-state index contributed by atoms with van der Waals surface area (Å²) in [6, 6.07) is 16.3. The molecule has 1 aliphatic heterocycles. The fraction of sp³-hybridized carbons (Fsp3) is 0.379. The Morgan fingerprint density at radius 1 is 0.972 bits per heavy atom. The van der Waals surface area contributed by atoms with Crippen molar-refractivity contribution in [3.8, 4) is 5.75 Å². The van der Waals surface area contributed by atoms with Crippen LogP contribution in [0, 0.1) is 5.82 Å². The maximum atomic E-state index is 13.0. The van der Waals surface area contributed by atoms with Crippen LogP contribution in [0.2, 0.25) is 5.02 Å². The van der Waals surface area contributed by atoms with Crippen LogP contribution in [0.4, 0.5) is 4.39 Å². The van der Waals surface area contributed by atoms with E-state index in [1.165, 1.54) is 63.0 Å². The molecule has 0 unspecified atom stereocenters. The van der Waals surface area contributed by atoms with E-state index in [1.54, 1.807) is 12.1 Å². The van der Waals surface area contributed by atoms with E-state index in [4.69, 9.17) is 22.1 Å². The number of amides is 1. The zero-order chi connectivity index (χ0) is 25.5. The molecule has 2 aliphatic rings. The SMILES string of the molecule is Clc1cc(CCCN2CCC2)ccc1OC1CC1.NC(=O)C(=O)CCc1ccc2cc(F)ccc2c1. The van der Waals surface area contributed by atoms with Gasteiger partial charge in [0.15, 0.2) is 0 Å². The van der Waals surface area contributed by atoms with Crippen LogP contribution >= 0.6 is 11.6 Å². The Morgan fingerprint density at radius 3 is 2.33 bits per heavy atom. The van der Waals surface area contributed by atoms with Gasteiger partial charge >= 0.3 is 0 Å². The molecule has 1 amide bonds. The van der Waals surface area contributed by atoms with Crippen LogP contribution < -0.4 is 10.5 Å². The molecule has 0 bridgehead atoms. The van der Waals surface area contributed by atoms with Gasteiger partial charge in [0.1, 0.15) is 11.6 Å². The Morgan fingerprint density at radius 2 is 1.67 bits per heavy atom. The van der Waals surface area contributed by atoms with Gasteiger partial charge < -0.3 is 15.4 Å². The van der Waals surface area contributed by atoms with Crippen molar-refractivity contribution >= 4 is 34.1 Å². The van der Waals surface area contributed by atoms with Gasteiger partial charge in [-0.2, -0.15) is 0 Å². The quantitative estimate of drug-likeness (QED) is 0.366. The number of rotatable bonds is 10. The van der Waals surface area contributed by atoms with Crippen molar-refractivity contribution in [3.63, 3.8) is 0 Å². The lowest BCUT2D eigenvalue weighted by Gasteiger charge is -2.30. The summed E-state index contributed by atoms with van der Waals surface area (Å²) < 4.78 is 18.7. The molecule has 2 fully saturated rings. The average Bonchev–Trinajstić information content (AvgIpc) is 3.65. The number of fused-ring (bicyclic) bond motifs is 1. The Labute approximate surface area is 216 Å². The minimum Gasteiger partial charge on any atom is -0.489 e. The lowest BCUT2D eigenvalue weighted by molar-refractivity contribution is -0.135. The molecule has 5 rings (SSSR count). The van der Waals surface area contributed by atoms with Crippen LogP contribution in [0.3, 0.4) is 0 Å². The number of carbonyl (C=O) groups is 2. The second kappa shape index (κ2) is 12.3. The smallest absolute Gasteiger partial charge is 0.284 e. The van der Waals surface area contributed by atoms with E-state index in [0.29, 0.717) is 12.5 Å². The minimum absolute atomic E-state index is 0.0992. The zero-order valence-electron chi connectivity index (χ0n) is 20.3. The number of likely N-dealkylation sites (tertiary alicyclic amines) is 1. The molecular formula is C29H32ClFN2O3. The van der Waals surface area contributed by atoms with Crippen LogP contribution in [0.15, 0.2) is 54.6 Å². The van der Waals surface area contributed by atoms with Gasteiger partial charge in [-0.1, -0.05) is 41.9 Å². The number of halogens is 2. The van der Waals surface area contributed by atoms with E-state index in [1.807, 2.05) is 18.2 Å². The zero-order valence-corrected chi connectivity index (χ0v) is 21.1. The maximum absolute atomic E-state index is 13.0. The number of aryl methyl sites for hydroxylation is 2. The normalized spacial score (nSPS) is 15.1.